The number of nitrogens with two attached hydrogens (primary N) is 1. The first kappa shape index (κ1) is 22.6. The molecule has 3 N–H and O–H groups in total. The van der Waals surface area contributed by atoms with Gasteiger partial charge in [-0.25, -0.2) is 0 Å². The van der Waals surface area contributed by atoms with Crippen LogP contribution < -0.4 is 16.0 Å². The van der Waals surface area contributed by atoms with Gasteiger partial charge in [-0.2, -0.15) is 0 Å². The molecule has 2 aromatic carbocycles. The lowest BCUT2D eigenvalue weighted by Gasteiger charge is -2.33. The number of fused-ring (bicyclic) bond motifs is 1. The molecule has 0 bridgehead atoms. The van der Waals surface area contributed by atoms with Gasteiger partial charge >= 0.3 is 0 Å². The van der Waals surface area contributed by atoms with Gasteiger partial charge in [0.15, 0.2) is 6.10 Å². The highest BCUT2D eigenvalue weighted by Crippen LogP contribution is 2.31. The molecular formula is C26H29N3O4. The van der Waals surface area contributed by atoms with E-state index in [0.717, 1.165) is 34.9 Å². The molecule has 1 aliphatic heterocycles. The molecule has 1 fully saturated rings. The van der Waals surface area contributed by atoms with Crippen LogP contribution in [0.4, 0.5) is 0 Å². The highest BCUT2D eigenvalue weighted by molar-refractivity contribution is 5.97. The summed E-state index contributed by atoms with van der Waals surface area (Å²) in [5.41, 5.74) is 8.21. The Hall–Kier alpha value is -3.61. The normalized spacial score (nSPS) is 17.0. The minimum absolute atomic E-state index is 0.0893. The zero-order chi connectivity index (χ0) is 23.5. The highest BCUT2D eigenvalue weighted by Gasteiger charge is 2.28. The van der Waals surface area contributed by atoms with E-state index in [9.17, 15) is 14.4 Å². The van der Waals surface area contributed by atoms with Gasteiger partial charge in [-0.15, -0.1) is 0 Å². The molecule has 1 aliphatic rings. The van der Waals surface area contributed by atoms with Crippen LogP contribution in [-0.4, -0.2) is 40.9 Å². The molecule has 0 saturated carbocycles. The number of hydrogen-bond acceptors (Lipinski definition) is 4. The number of aromatic amines is 1. The number of pyridine rings is 1. The summed E-state index contributed by atoms with van der Waals surface area (Å²) < 4.78 is 5.94. The molecule has 0 radical (unpaired) electrons. The lowest BCUT2D eigenvalue weighted by molar-refractivity contribution is -0.140. The number of aryl methyl sites for hydroxylation is 1. The van der Waals surface area contributed by atoms with Gasteiger partial charge in [0.25, 0.3) is 11.5 Å². The highest BCUT2D eigenvalue weighted by atomic mass is 16.5. The summed E-state index contributed by atoms with van der Waals surface area (Å²) >= 11 is 0. The monoisotopic (exact) mass is 447 g/mol. The number of carbonyl (C=O) groups excluding carboxylic acids is 2. The van der Waals surface area contributed by atoms with Gasteiger partial charge in [0.2, 0.25) is 5.91 Å². The van der Waals surface area contributed by atoms with Crippen molar-refractivity contribution in [3.05, 3.63) is 64.6 Å². The standard InChI is InChI=1S/C26H29N3O4/c1-16-6-3-4-8-20(16)23-14-28-25(31)22-13-19(9-10-21(22)23)33-17(2)26(32)29-11-5-7-18(15-29)12-24(27)30/h3-4,6,8-10,13-14,17-18H,5,7,11-12,15H2,1-2H3,(H2,27,30)(H,28,31)/t17-,18+/m1/s1. The second kappa shape index (κ2) is 9.48. The Bertz CT molecular complexity index is 1250. The third-order valence-electron chi connectivity index (χ3n) is 6.29. The number of aromatic nitrogens is 1. The van der Waals surface area contributed by atoms with Crippen molar-refractivity contribution in [2.24, 2.45) is 11.7 Å². The van der Waals surface area contributed by atoms with E-state index in [1.165, 1.54) is 0 Å². The first-order valence-electron chi connectivity index (χ1n) is 11.3. The van der Waals surface area contributed by atoms with Gasteiger partial charge in [-0.1, -0.05) is 24.3 Å². The number of amides is 2. The summed E-state index contributed by atoms with van der Waals surface area (Å²) in [6.07, 6.45) is 3.03. The van der Waals surface area contributed by atoms with Crippen molar-refractivity contribution in [3.8, 4) is 16.9 Å². The Morgan fingerprint density at radius 1 is 1.18 bits per heavy atom. The molecule has 7 heteroatoms. The number of rotatable bonds is 6. The molecule has 4 rings (SSSR count). The maximum Gasteiger partial charge on any atom is 0.263 e. The molecule has 3 aromatic rings. The average molecular weight is 448 g/mol. The predicted molar refractivity (Wildman–Crippen MR) is 128 cm³/mol. The fraction of sp³-hybridized carbons (Fsp3) is 0.346. The van der Waals surface area contributed by atoms with E-state index in [4.69, 9.17) is 10.5 Å². The summed E-state index contributed by atoms with van der Waals surface area (Å²) in [7, 11) is 0. The number of likely N-dealkylation sites (tertiary alicyclic amines) is 1. The Morgan fingerprint density at radius 3 is 2.73 bits per heavy atom. The van der Waals surface area contributed by atoms with Crippen molar-refractivity contribution in [2.45, 2.75) is 39.2 Å². The summed E-state index contributed by atoms with van der Waals surface area (Å²) in [6.45, 7) is 4.88. The topological polar surface area (TPSA) is 105 Å². The van der Waals surface area contributed by atoms with E-state index in [1.54, 1.807) is 30.2 Å². The number of H-pyrrole nitrogens is 1. The van der Waals surface area contributed by atoms with Crippen LogP contribution in [0.2, 0.25) is 0 Å². The Labute approximate surface area is 192 Å². The summed E-state index contributed by atoms with van der Waals surface area (Å²) in [4.78, 5) is 41.3. The summed E-state index contributed by atoms with van der Waals surface area (Å²) in [6, 6.07) is 13.4. The van der Waals surface area contributed by atoms with Gasteiger partial charge in [0, 0.05) is 31.3 Å². The number of benzene rings is 2. The van der Waals surface area contributed by atoms with Crippen molar-refractivity contribution in [1.29, 1.82) is 0 Å². The summed E-state index contributed by atoms with van der Waals surface area (Å²) in [5, 5.41) is 1.33. The molecule has 172 valence electrons. The minimum atomic E-state index is -0.714. The van der Waals surface area contributed by atoms with Gasteiger partial charge in [-0.3, -0.25) is 14.4 Å². The zero-order valence-corrected chi connectivity index (χ0v) is 19.0. The fourth-order valence-electron chi connectivity index (χ4n) is 4.64. The lowest BCUT2D eigenvalue weighted by atomic mass is 9.94. The maximum absolute atomic E-state index is 13.0. The zero-order valence-electron chi connectivity index (χ0n) is 19.0. The van der Waals surface area contributed by atoms with Gasteiger partial charge in [-0.05, 0) is 67.3 Å². The molecular weight excluding hydrogens is 418 g/mol. The van der Waals surface area contributed by atoms with Crippen LogP contribution >= 0.6 is 0 Å². The molecule has 1 aromatic heterocycles. The van der Waals surface area contributed by atoms with Crippen molar-refractivity contribution >= 4 is 22.6 Å². The lowest BCUT2D eigenvalue weighted by Crippen LogP contribution is -2.46. The van der Waals surface area contributed by atoms with Crippen molar-refractivity contribution in [1.82, 2.24) is 9.88 Å². The number of nitrogens with one attached hydrogen (secondary N) is 1. The first-order chi connectivity index (χ1) is 15.8. The fourth-order valence-corrected chi connectivity index (χ4v) is 4.64. The Kier molecular flexibility index (Phi) is 6.49. The number of nitrogens with zero attached hydrogens (tertiary/aromatic N) is 1. The van der Waals surface area contributed by atoms with E-state index in [2.05, 4.69) is 4.98 Å². The van der Waals surface area contributed by atoms with E-state index in [-0.39, 0.29) is 29.7 Å². The molecule has 2 atom stereocenters. The van der Waals surface area contributed by atoms with Crippen molar-refractivity contribution in [2.75, 3.05) is 13.1 Å². The van der Waals surface area contributed by atoms with Gasteiger partial charge in [0.05, 0.1) is 5.39 Å². The molecule has 7 nitrogen and oxygen atoms in total. The second-order valence-corrected chi connectivity index (χ2v) is 8.78. The van der Waals surface area contributed by atoms with E-state index < -0.39 is 6.10 Å². The number of ether oxygens (including phenoxy) is 1. The number of primary amides is 1. The largest absolute Gasteiger partial charge is 0.481 e. The molecule has 0 spiro atoms. The third-order valence-corrected chi connectivity index (χ3v) is 6.29. The van der Waals surface area contributed by atoms with Crippen molar-refractivity contribution < 1.29 is 14.3 Å². The van der Waals surface area contributed by atoms with E-state index in [0.29, 0.717) is 24.2 Å². The smallest absolute Gasteiger partial charge is 0.263 e. The SMILES string of the molecule is Cc1ccccc1-c1c[nH]c(=O)c2cc(O[C@H](C)C(=O)N3CCC[C@@H](CC(N)=O)C3)ccc12. The molecule has 0 unspecified atom stereocenters. The number of hydrogen-bond donors (Lipinski definition) is 2. The van der Waals surface area contributed by atoms with Crippen molar-refractivity contribution in [3.63, 3.8) is 0 Å². The Morgan fingerprint density at radius 2 is 1.97 bits per heavy atom. The molecule has 2 heterocycles. The van der Waals surface area contributed by atoms with Crippen LogP contribution in [0.25, 0.3) is 21.9 Å². The quantitative estimate of drug-likeness (QED) is 0.604. The summed E-state index contributed by atoms with van der Waals surface area (Å²) in [5.74, 6) is 0.0739. The van der Waals surface area contributed by atoms with Gasteiger partial charge < -0.3 is 20.4 Å². The molecule has 1 saturated heterocycles. The number of carbonyl (C=O) groups is 2. The molecule has 0 aliphatic carbocycles. The van der Waals surface area contributed by atoms with Crippen LogP contribution in [0, 0.1) is 12.8 Å². The predicted octanol–water partition coefficient (Wildman–Crippen LogP) is 3.38. The first-order valence-corrected chi connectivity index (χ1v) is 11.3. The van der Waals surface area contributed by atoms with E-state index in [1.807, 2.05) is 37.3 Å². The van der Waals surface area contributed by atoms with Crippen LogP contribution in [0.5, 0.6) is 5.75 Å². The average Bonchev–Trinajstić information content (AvgIpc) is 2.79. The second-order valence-electron chi connectivity index (χ2n) is 8.78. The van der Waals surface area contributed by atoms with E-state index >= 15 is 0 Å². The molecule has 2 amide bonds. The Balaban J connectivity index is 1.55. The van der Waals surface area contributed by atoms with Crippen LogP contribution in [0.1, 0.15) is 31.7 Å². The third kappa shape index (κ3) is 4.92. The number of piperidine rings is 1. The molecule has 33 heavy (non-hydrogen) atoms. The minimum Gasteiger partial charge on any atom is -0.481 e. The van der Waals surface area contributed by atoms with Crippen LogP contribution in [-0.2, 0) is 9.59 Å². The van der Waals surface area contributed by atoms with Crippen LogP contribution in [0.3, 0.4) is 0 Å². The maximum atomic E-state index is 13.0. The van der Waals surface area contributed by atoms with Crippen LogP contribution in [0.15, 0.2) is 53.5 Å². The van der Waals surface area contributed by atoms with Gasteiger partial charge in [0.1, 0.15) is 5.75 Å².